The number of rotatable bonds is 2. The Kier molecular flexibility index (Phi) is 6.70. The van der Waals surface area contributed by atoms with E-state index >= 15 is 0 Å². The van der Waals surface area contributed by atoms with Crippen molar-refractivity contribution in [3.05, 3.63) is 23.8 Å². The third-order valence-corrected chi connectivity index (χ3v) is 1.65. The minimum atomic E-state index is -2.62. The predicted octanol–water partition coefficient (Wildman–Crippen LogP) is 0.432. The van der Waals surface area contributed by atoms with Crippen LogP contribution in [0.15, 0.2) is 18.2 Å². The third-order valence-electron chi connectivity index (χ3n) is 1.65. The van der Waals surface area contributed by atoms with Gasteiger partial charge in [-0.25, -0.2) is 13.6 Å². The summed E-state index contributed by atoms with van der Waals surface area (Å²) in [7, 11) is -2.62. The smallest absolute Gasteiger partial charge is 0.198 e. The molecule has 0 aliphatic heterocycles. The standard InChI is InChI=1S/C10H13N3.H3NO2S/c1-7(2)13-10-5-3-4-9(12)8(10)6-11;1-4(2)3/h3-5,7,13H,12H2,1-2H3;4H,(H2,1,2,3). The molecular weight excluding hydrogens is 240 g/mol. The maximum Gasteiger partial charge on any atom is 0.198 e. The molecule has 0 amide bonds. The van der Waals surface area contributed by atoms with Gasteiger partial charge in [0.1, 0.15) is 6.07 Å². The van der Waals surface area contributed by atoms with Crippen LogP contribution in [-0.2, 0) is 10.9 Å². The molecule has 1 aromatic carbocycles. The van der Waals surface area contributed by atoms with Gasteiger partial charge in [0, 0.05) is 6.04 Å². The van der Waals surface area contributed by atoms with Gasteiger partial charge in [-0.2, -0.15) is 5.26 Å². The van der Waals surface area contributed by atoms with Crippen molar-refractivity contribution in [2.45, 2.75) is 19.9 Å². The Morgan fingerprint density at radius 2 is 1.94 bits per heavy atom. The van der Waals surface area contributed by atoms with Crippen molar-refractivity contribution < 1.29 is 8.42 Å². The third kappa shape index (κ3) is 6.40. The van der Waals surface area contributed by atoms with E-state index in [4.69, 9.17) is 19.4 Å². The van der Waals surface area contributed by atoms with Gasteiger partial charge in [-0.05, 0) is 26.0 Å². The van der Waals surface area contributed by atoms with Crippen molar-refractivity contribution in [2.75, 3.05) is 11.1 Å². The summed E-state index contributed by atoms with van der Waals surface area (Å²) < 4.78 is 17.6. The molecule has 6 nitrogen and oxygen atoms in total. The highest BCUT2D eigenvalue weighted by Gasteiger charge is 2.05. The average molecular weight is 256 g/mol. The first-order valence-corrected chi connectivity index (χ1v) is 6.07. The zero-order chi connectivity index (χ0) is 13.4. The molecule has 17 heavy (non-hydrogen) atoms. The molecule has 0 unspecified atom stereocenters. The second-order valence-electron chi connectivity index (χ2n) is 3.47. The normalized spacial score (nSPS) is 9.41. The number of nitrogen functional groups attached to an aromatic ring is 1. The Morgan fingerprint density at radius 3 is 2.35 bits per heavy atom. The van der Waals surface area contributed by atoms with Crippen LogP contribution in [0.2, 0.25) is 0 Å². The lowest BCUT2D eigenvalue weighted by Gasteiger charge is -2.12. The average Bonchev–Trinajstić information content (AvgIpc) is 2.16. The summed E-state index contributed by atoms with van der Waals surface area (Å²) in [6.07, 6.45) is 0. The molecular formula is C10H16N4O2S. The Hall–Kier alpha value is -1.78. The summed E-state index contributed by atoms with van der Waals surface area (Å²) in [5.74, 6) is 0. The predicted molar refractivity (Wildman–Crippen MR) is 68.8 cm³/mol. The molecule has 0 fully saturated rings. The Balaban J connectivity index is 0.000000557. The molecule has 1 aromatic rings. The number of nitriles is 1. The Morgan fingerprint density at radius 1 is 1.41 bits per heavy atom. The van der Waals surface area contributed by atoms with Crippen molar-refractivity contribution in [3.8, 4) is 6.07 Å². The first-order chi connectivity index (χ1) is 7.88. The lowest BCUT2D eigenvalue weighted by Crippen LogP contribution is -2.11. The summed E-state index contributed by atoms with van der Waals surface area (Å²) in [6, 6.07) is 7.80. The number of nitrogens with one attached hydrogen (secondary N) is 1. The quantitative estimate of drug-likeness (QED) is 0.451. The summed E-state index contributed by atoms with van der Waals surface area (Å²) >= 11 is 0. The van der Waals surface area contributed by atoms with Crippen molar-refractivity contribution in [3.63, 3.8) is 0 Å². The molecule has 0 heterocycles. The number of nitrogens with zero attached hydrogens (tertiary/aromatic N) is 1. The molecule has 0 bridgehead atoms. The minimum absolute atomic E-state index is 0.300. The zero-order valence-corrected chi connectivity index (χ0v) is 10.6. The molecule has 0 saturated carbocycles. The van der Waals surface area contributed by atoms with Crippen LogP contribution >= 0.6 is 0 Å². The highest BCUT2D eigenvalue weighted by molar-refractivity contribution is 7.69. The van der Waals surface area contributed by atoms with Crippen LogP contribution in [0.1, 0.15) is 19.4 Å². The van der Waals surface area contributed by atoms with Crippen molar-refractivity contribution in [1.82, 2.24) is 0 Å². The van der Waals surface area contributed by atoms with E-state index in [2.05, 4.69) is 16.5 Å². The van der Waals surface area contributed by atoms with Gasteiger partial charge >= 0.3 is 0 Å². The number of benzene rings is 1. The molecule has 0 aromatic heterocycles. The van der Waals surface area contributed by atoms with Gasteiger partial charge in [0.2, 0.25) is 0 Å². The van der Waals surface area contributed by atoms with Crippen LogP contribution in [0, 0.1) is 11.3 Å². The van der Waals surface area contributed by atoms with Crippen LogP contribution in [0.25, 0.3) is 0 Å². The summed E-state index contributed by atoms with van der Waals surface area (Å²) in [5.41, 5.74) is 7.49. The summed E-state index contributed by atoms with van der Waals surface area (Å²) in [4.78, 5) is 0. The minimum Gasteiger partial charge on any atom is -0.398 e. The number of hydrogen-bond acceptors (Lipinski definition) is 5. The molecule has 0 radical (unpaired) electrons. The Labute approximate surface area is 102 Å². The molecule has 0 aliphatic carbocycles. The van der Waals surface area contributed by atoms with E-state index in [9.17, 15) is 0 Å². The van der Waals surface area contributed by atoms with E-state index < -0.39 is 10.9 Å². The molecule has 0 spiro atoms. The van der Waals surface area contributed by atoms with Crippen LogP contribution in [0.4, 0.5) is 11.4 Å². The SMILES string of the molecule is CC(C)Nc1cccc(N)c1C#N.N[SH](=O)=O. The molecule has 0 aliphatic rings. The molecule has 0 saturated heterocycles. The number of anilines is 2. The van der Waals surface area contributed by atoms with E-state index in [-0.39, 0.29) is 0 Å². The molecule has 1 rings (SSSR count). The zero-order valence-electron chi connectivity index (χ0n) is 9.68. The first kappa shape index (κ1) is 15.2. The highest BCUT2D eigenvalue weighted by atomic mass is 32.2. The van der Waals surface area contributed by atoms with Crippen molar-refractivity contribution in [1.29, 1.82) is 5.26 Å². The fraction of sp³-hybridized carbons (Fsp3) is 0.300. The second kappa shape index (κ2) is 7.49. The van der Waals surface area contributed by atoms with Gasteiger partial charge in [0.15, 0.2) is 10.9 Å². The van der Waals surface area contributed by atoms with Crippen molar-refractivity contribution in [2.24, 2.45) is 5.14 Å². The highest BCUT2D eigenvalue weighted by Crippen LogP contribution is 2.21. The molecule has 0 atom stereocenters. The maximum atomic E-state index is 8.84. The molecule has 94 valence electrons. The number of thiol groups is 1. The van der Waals surface area contributed by atoms with E-state index in [0.717, 1.165) is 5.69 Å². The van der Waals surface area contributed by atoms with Crippen LogP contribution < -0.4 is 16.2 Å². The number of hydrogen-bond donors (Lipinski definition) is 4. The molecule has 7 heteroatoms. The largest absolute Gasteiger partial charge is 0.398 e. The van der Waals surface area contributed by atoms with E-state index in [1.54, 1.807) is 6.07 Å². The van der Waals surface area contributed by atoms with Crippen LogP contribution in [0.3, 0.4) is 0 Å². The van der Waals surface area contributed by atoms with Gasteiger partial charge < -0.3 is 11.1 Å². The lowest BCUT2D eigenvalue weighted by atomic mass is 10.1. The second-order valence-corrected chi connectivity index (χ2v) is 4.04. The fourth-order valence-electron chi connectivity index (χ4n) is 1.13. The van der Waals surface area contributed by atoms with Gasteiger partial charge in [0.05, 0.1) is 16.9 Å². The van der Waals surface area contributed by atoms with Gasteiger partial charge in [-0.1, -0.05) is 6.07 Å². The monoisotopic (exact) mass is 256 g/mol. The van der Waals surface area contributed by atoms with E-state index in [1.165, 1.54) is 0 Å². The molecule has 5 N–H and O–H groups in total. The van der Waals surface area contributed by atoms with Gasteiger partial charge in [-0.3, -0.25) is 0 Å². The van der Waals surface area contributed by atoms with Crippen LogP contribution in [-0.4, -0.2) is 14.5 Å². The van der Waals surface area contributed by atoms with E-state index in [1.807, 2.05) is 26.0 Å². The first-order valence-electron chi connectivity index (χ1n) is 4.82. The van der Waals surface area contributed by atoms with Gasteiger partial charge in [-0.15, -0.1) is 0 Å². The number of nitrogens with two attached hydrogens (primary N) is 2. The van der Waals surface area contributed by atoms with E-state index in [0.29, 0.717) is 17.3 Å². The lowest BCUT2D eigenvalue weighted by molar-refractivity contribution is 0.616. The van der Waals surface area contributed by atoms with Crippen molar-refractivity contribution >= 4 is 22.3 Å². The topological polar surface area (TPSA) is 122 Å². The maximum absolute atomic E-state index is 8.84. The fourth-order valence-corrected chi connectivity index (χ4v) is 1.13. The summed E-state index contributed by atoms with van der Waals surface area (Å²) in [5, 5.41) is 16.1. The van der Waals surface area contributed by atoms with Gasteiger partial charge in [0.25, 0.3) is 0 Å². The van der Waals surface area contributed by atoms with Crippen LogP contribution in [0.5, 0.6) is 0 Å². The summed E-state index contributed by atoms with van der Waals surface area (Å²) in [6.45, 7) is 4.04. The Bertz CT molecular complexity index is 470.